The summed E-state index contributed by atoms with van der Waals surface area (Å²) in [4.78, 5) is 11.6. The SMILES string of the molecule is Cc1nnc(NC(=O)COc2ccc(F)cc2Br)s1. The highest BCUT2D eigenvalue weighted by Gasteiger charge is 2.09. The van der Waals surface area contributed by atoms with Crippen molar-refractivity contribution in [2.45, 2.75) is 6.92 Å². The molecule has 1 aromatic carbocycles. The molecule has 2 aromatic rings. The molecule has 0 bridgehead atoms. The Morgan fingerprint density at radius 1 is 1.53 bits per heavy atom. The van der Waals surface area contributed by atoms with Crippen LogP contribution in [0.4, 0.5) is 9.52 Å². The van der Waals surface area contributed by atoms with E-state index in [4.69, 9.17) is 4.74 Å². The van der Waals surface area contributed by atoms with E-state index in [1.807, 2.05) is 0 Å². The van der Waals surface area contributed by atoms with Crippen molar-refractivity contribution in [3.63, 3.8) is 0 Å². The summed E-state index contributed by atoms with van der Waals surface area (Å²) in [6, 6.07) is 3.97. The molecule has 1 aromatic heterocycles. The lowest BCUT2D eigenvalue weighted by molar-refractivity contribution is -0.118. The molecule has 1 amide bonds. The normalized spacial score (nSPS) is 10.3. The molecule has 1 N–H and O–H groups in total. The number of anilines is 1. The molecule has 0 fully saturated rings. The Labute approximate surface area is 120 Å². The van der Waals surface area contributed by atoms with Crippen molar-refractivity contribution >= 4 is 38.3 Å². The van der Waals surface area contributed by atoms with Gasteiger partial charge in [-0.05, 0) is 41.1 Å². The number of benzene rings is 1. The molecule has 0 aliphatic rings. The summed E-state index contributed by atoms with van der Waals surface area (Å²) in [5.74, 6) is -0.342. The van der Waals surface area contributed by atoms with Gasteiger partial charge in [-0.15, -0.1) is 10.2 Å². The summed E-state index contributed by atoms with van der Waals surface area (Å²) in [6.45, 7) is 1.60. The number of carbonyl (C=O) groups is 1. The van der Waals surface area contributed by atoms with Gasteiger partial charge in [-0.25, -0.2) is 4.39 Å². The van der Waals surface area contributed by atoms with Gasteiger partial charge < -0.3 is 4.74 Å². The van der Waals surface area contributed by atoms with Crippen LogP contribution >= 0.6 is 27.3 Å². The molecule has 2 rings (SSSR count). The predicted octanol–water partition coefficient (Wildman–Crippen LogP) is 2.77. The second kappa shape index (κ2) is 6.07. The van der Waals surface area contributed by atoms with E-state index in [0.717, 1.165) is 5.01 Å². The van der Waals surface area contributed by atoms with Crippen molar-refractivity contribution in [1.82, 2.24) is 10.2 Å². The topological polar surface area (TPSA) is 64.1 Å². The summed E-state index contributed by atoms with van der Waals surface area (Å²) in [5, 5.41) is 11.3. The maximum Gasteiger partial charge on any atom is 0.264 e. The second-order valence-corrected chi connectivity index (χ2v) is 5.57. The summed E-state index contributed by atoms with van der Waals surface area (Å²) in [6.07, 6.45) is 0. The number of nitrogens with one attached hydrogen (secondary N) is 1. The largest absolute Gasteiger partial charge is 0.483 e. The summed E-state index contributed by atoms with van der Waals surface area (Å²) >= 11 is 4.42. The van der Waals surface area contributed by atoms with E-state index in [9.17, 15) is 9.18 Å². The first-order valence-electron chi connectivity index (χ1n) is 5.22. The van der Waals surface area contributed by atoms with Crippen molar-refractivity contribution < 1.29 is 13.9 Å². The summed E-state index contributed by atoms with van der Waals surface area (Å²) < 4.78 is 18.6. The first kappa shape index (κ1) is 13.9. The highest BCUT2D eigenvalue weighted by molar-refractivity contribution is 9.10. The van der Waals surface area contributed by atoms with Gasteiger partial charge in [0.15, 0.2) is 6.61 Å². The molecule has 0 saturated carbocycles. The van der Waals surface area contributed by atoms with Gasteiger partial charge in [-0.3, -0.25) is 10.1 Å². The molecule has 5 nitrogen and oxygen atoms in total. The fourth-order valence-electron chi connectivity index (χ4n) is 1.24. The highest BCUT2D eigenvalue weighted by atomic mass is 79.9. The number of aromatic nitrogens is 2. The van der Waals surface area contributed by atoms with Gasteiger partial charge in [0, 0.05) is 0 Å². The molecule has 0 unspecified atom stereocenters. The monoisotopic (exact) mass is 345 g/mol. The molecule has 0 radical (unpaired) electrons. The summed E-state index contributed by atoms with van der Waals surface area (Å²) in [7, 11) is 0. The quantitative estimate of drug-likeness (QED) is 0.925. The van der Waals surface area contributed by atoms with E-state index < -0.39 is 0 Å². The van der Waals surface area contributed by atoms with E-state index in [1.165, 1.54) is 29.5 Å². The molecule has 100 valence electrons. The van der Waals surface area contributed by atoms with Crippen LogP contribution in [-0.2, 0) is 4.79 Å². The molecule has 0 saturated heterocycles. The molecule has 0 spiro atoms. The third kappa shape index (κ3) is 3.97. The van der Waals surface area contributed by atoms with E-state index in [0.29, 0.717) is 15.4 Å². The number of hydrogen-bond donors (Lipinski definition) is 1. The molecule has 19 heavy (non-hydrogen) atoms. The van der Waals surface area contributed by atoms with Crippen LogP contribution in [0.5, 0.6) is 5.75 Å². The number of hydrogen-bond acceptors (Lipinski definition) is 5. The van der Waals surface area contributed by atoms with Crippen LogP contribution < -0.4 is 10.1 Å². The maximum absolute atomic E-state index is 12.9. The molecular weight excluding hydrogens is 337 g/mol. The molecular formula is C11H9BrFN3O2S. The third-order valence-electron chi connectivity index (χ3n) is 2.03. The van der Waals surface area contributed by atoms with Gasteiger partial charge in [0.05, 0.1) is 4.47 Å². The Hall–Kier alpha value is -1.54. The minimum Gasteiger partial charge on any atom is -0.483 e. The number of ether oxygens (including phenoxy) is 1. The molecule has 8 heteroatoms. The number of rotatable bonds is 4. The van der Waals surface area contributed by atoms with Gasteiger partial charge in [0.1, 0.15) is 16.6 Å². The fraction of sp³-hybridized carbons (Fsp3) is 0.182. The zero-order valence-corrected chi connectivity index (χ0v) is 12.2. The lowest BCUT2D eigenvalue weighted by Gasteiger charge is -2.07. The molecule has 0 aliphatic heterocycles. The van der Waals surface area contributed by atoms with Gasteiger partial charge in [0.2, 0.25) is 5.13 Å². The van der Waals surface area contributed by atoms with E-state index in [-0.39, 0.29) is 18.3 Å². The third-order valence-corrected chi connectivity index (χ3v) is 3.40. The standard InChI is InChI=1S/C11H9BrFN3O2S/c1-6-15-16-11(19-6)14-10(17)5-18-9-3-2-7(13)4-8(9)12/h2-4H,5H2,1H3,(H,14,16,17). The van der Waals surface area contributed by atoms with Crippen LogP contribution in [0.2, 0.25) is 0 Å². The molecule has 0 atom stereocenters. The number of amides is 1. The Bertz CT molecular complexity index is 605. The van der Waals surface area contributed by atoms with Crippen LogP contribution in [-0.4, -0.2) is 22.7 Å². The smallest absolute Gasteiger partial charge is 0.264 e. The molecule has 0 aliphatic carbocycles. The summed E-state index contributed by atoms with van der Waals surface area (Å²) in [5.41, 5.74) is 0. The first-order chi connectivity index (χ1) is 9.04. The Morgan fingerprint density at radius 3 is 2.95 bits per heavy atom. The van der Waals surface area contributed by atoms with Crippen LogP contribution in [0.25, 0.3) is 0 Å². The number of nitrogens with zero attached hydrogens (tertiary/aromatic N) is 2. The average molecular weight is 346 g/mol. The van der Waals surface area contributed by atoms with Gasteiger partial charge >= 0.3 is 0 Å². The van der Waals surface area contributed by atoms with Crippen molar-refractivity contribution in [2.24, 2.45) is 0 Å². The maximum atomic E-state index is 12.9. The highest BCUT2D eigenvalue weighted by Crippen LogP contribution is 2.25. The zero-order valence-electron chi connectivity index (χ0n) is 9.81. The van der Waals surface area contributed by atoms with Crippen molar-refractivity contribution in [3.05, 3.63) is 33.5 Å². The van der Waals surface area contributed by atoms with E-state index in [1.54, 1.807) is 6.92 Å². The van der Waals surface area contributed by atoms with Crippen LogP contribution in [0.1, 0.15) is 5.01 Å². The van der Waals surface area contributed by atoms with E-state index in [2.05, 4.69) is 31.4 Å². The van der Waals surface area contributed by atoms with Crippen LogP contribution in [0, 0.1) is 12.7 Å². The van der Waals surface area contributed by atoms with E-state index >= 15 is 0 Å². The molecule has 1 heterocycles. The van der Waals surface area contributed by atoms with Crippen LogP contribution in [0.15, 0.2) is 22.7 Å². The lowest BCUT2D eigenvalue weighted by Crippen LogP contribution is -2.20. The minimum atomic E-state index is -0.381. The Kier molecular flexibility index (Phi) is 4.43. The van der Waals surface area contributed by atoms with Gasteiger partial charge in [0.25, 0.3) is 5.91 Å². The Morgan fingerprint density at radius 2 is 2.32 bits per heavy atom. The van der Waals surface area contributed by atoms with Crippen LogP contribution in [0.3, 0.4) is 0 Å². The number of carbonyl (C=O) groups excluding carboxylic acids is 1. The second-order valence-electron chi connectivity index (χ2n) is 3.54. The Balaban J connectivity index is 1.89. The minimum absolute atomic E-state index is 0.192. The van der Waals surface area contributed by atoms with Gasteiger partial charge in [-0.2, -0.15) is 0 Å². The predicted molar refractivity (Wildman–Crippen MR) is 72.9 cm³/mol. The zero-order chi connectivity index (χ0) is 13.8. The number of halogens is 2. The average Bonchev–Trinajstić information content (AvgIpc) is 2.73. The lowest BCUT2D eigenvalue weighted by atomic mass is 10.3. The fourth-order valence-corrected chi connectivity index (χ4v) is 2.31. The van der Waals surface area contributed by atoms with Crippen molar-refractivity contribution in [2.75, 3.05) is 11.9 Å². The first-order valence-corrected chi connectivity index (χ1v) is 6.83. The van der Waals surface area contributed by atoms with Crippen molar-refractivity contribution in [1.29, 1.82) is 0 Å². The van der Waals surface area contributed by atoms with Crippen molar-refractivity contribution in [3.8, 4) is 5.75 Å². The number of aryl methyl sites for hydroxylation is 1. The van der Waals surface area contributed by atoms with Gasteiger partial charge in [-0.1, -0.05) is 11.3 Å².